The highest BCUT2D eigenvalue weighted by atomic mass is 19.1. The fourth-order valence-electron chi connectivity index (χ4n) is 2.68. The number of amides is 1. The van der Waals surface area contributed by atoms with E-state index in [1.165, 1.54) is 6.07 Å². The Morgan fingerprint density at radius 3 is 2.75 bits per heavy atom. The van der Waals surface area contributed by atoms with Gasteiger partial charge in [0.25, 0.3) is 11.8 Å². The molecule has 8 nitrogen and oxygen atoms in total. The number of nitrogens with one attached hydrogen (secondary N) is 2. The first-order valence-electron chi connectivity index (χ1n) is 8.25. The topological polar surface area (TPSA) is 102 Å². The lowest BCUT2D eigenvalue weighted by molar-refractivity contribution is 0.0944. The van der Waals surface area contributed by atoms with Gasteiger partial charge in [0.05, 0.1) is 12.2 Å². The molecule has 10 heteroatoms. The number of carbonyl (C=O) groups excluding carboxylic acids is 1. The monoisotopic (exact) mass is 384 g/mol. The zero-order valence-corrected chi connectivity index (χ0v) is 14.6. The number of H-pyrrole nitrogens is 1. The van der Waals surface area contributed by atoms with E-state index in [9.17, 15) is 13.6 Å². The first-order valence-corrected chi connectivity index (χ1v) is 8.25. The molecule has 142 valence electrons. The van der Waals surface area contributed by atoms with E-state index in [1.54, 1.807) is 6.07 Å². The lowest BCUT2D eigenvalue weighted by Gasteiger charge is -1.99. The minimum absolute atomic E-state index is 0.0770. The van der Waals surface area contributed by atoms with Crippen LogP contribution in [0.15, 0.2) is 47.1 Å². The second-order valence-electron chi connectivity index (χ2n) is 5.97. The Kier molecular flexibility index (Phi) is 4.44. The van der Waals surface area contributed by atoms with Gasteiger partial charge >= 0.3 is 0 Å². The quantitative estimate of drug-likeness (QED) is 0.551. The van der Waals surface area contributed by atoms with Crippen LogP contribution in [0.3, 0.4) is 0 Å². The highest BCUT2D eigenvalue weighted by Gasteiger charge is 2.19. The minimum Gasteiger partial charge on any atom is -0.349 e. The molecule has 28 heavy (non-hydrogen) atoms. The molecular formula is C18H14F2N6O2. The summed E-state index contributed by atoms with van der Waals surface area (Å²) in [5, 5.41) is 13.0. The van der Waals surface area contributed by atoms with Crippen molar-refractivity contribution < 1.29 is 18.1 Å². The maximum atomic E-state index is 13.8. The van der Waals surface area contributed by atoms with Crippen molar-refractivity contribution in [2.75, 3.05) is 0 Å². The Balaban J connectivity index is 1.44. The van der Waals surface area contributed by atoms with Crippen molar-refractivity contribution in [1.29, 1.82) is 0 Å². The van der Waals surface area contributed by atoms with Gasteiger partial charge in [0.15, 0.2) is 5.82 Å². The average molecular weight is 384 g/mol. The predicted molar refractivity (Wildman–Crippen MR) is 93.8 cm³/mol. The summed E-state index contributed by atoms with van der Waals surface area (Å²) < 4.78 is 34.3. The Morgan fingerprint density at radius 2 is 2.04 bits per heavy atom. The summed E-state index contributed by atoms with van der Waals surface area (Å²) in [5.74, 6) is -2.29. The molecule has 0 fully saturated rings. The largest absolute Gasteiger partial charge is 0.349 e. The van der Waals surface area contributed by atoms with Crippen LogP contribution in [0.4, 0.5) is 8.78 Å². The minimum atomic E-state index is -0.815. The Bertz CT molecular complexity index is 1130. The van der Waals surface area contributed by atoms with E-state index in [4.69, 9.17) is 4.52 Å². The summed E-state index contributed by atoms with van der Waals surface area (Å²) >= 11 is 0. The molecule has 0 spiro atoms. The number of hydrogen-bond acceptors (Lipinski definition) is 5. The van der Waals surface area contributed by atoms with Crippen LogP contribution < -0.4 is 5.32 Å². The molecule has 1 amide bonds. The third-order valence-corrected chi connectivity index (χ3v) is 4.08. The summed E-state index contributed by atoms with van der Waals surface area (Å²) in [7, 11) is 1.87. The zero-order valence-electron chi connectivity index (χ0n) is 14.6. The van der Waals surface area contributed by atoms with E-state index >= 15 is 0 Å². The molecule has 0 aliphatic rings. The van der Waals surface area contributed by atoms with Crippen molar-refractivity contribution in [3.05, 3.63) is 65.7 Å². The Labute approximate surface area is 157 Å². The summed E-state index contributed by atoms with van der Waals surface area (Å²) in [6.07, 6.45) is 1.87. The van der Waals surface area contributed by atoms with Crippen molar-refractivity contribution >= 4 is 5.91 Å². The van der Waals surface area contributed by atoms with Gasteiger partial charge in [0.1, 0.15) is 28.6 Å². The summed E-state index contributed by atoms with van der Waals surface area (Å²) in [5.41, 5.74) is 1.31. The molecule has 0 radical (unpaired) electrons. The van der Waals surface area contributed by atoms with Crippen LogP contribution in [0.1, 0.15) is 16.3 Å². The molecule has 0 saturated heterocycles. The molecule has 4 aromatic rings. The normalized spacial score (nSPS) is 11.0. The first kappa shape index (κ1) is 17.6. The van der Waals surface area contributed by atoms with Gasteiger partial charge in [0.2, 0.25) is 0 Å². The van der Waals surface area contributed by atoms with E-state index in [-0.39, 0.29) is 24.0 Å². The molecule has 4 rings (SSSR count). The van der Waals surface area contributed by atoms with Crippen LogP contribution >= 0.6 is 0 Å². The summed E-state index contributed by atoms with van der Waals surface area (Å²) in [6.45, 7) is -0.0864. The van der Waals surface area contributed by atoms with Gasteiger partial charge < -0.3 is 14.4 Å². The highest BCUT2D eigenvalue weighted by molar-refractivity contribution is 5.93. The van der Waals surface area contributed by atoms with E-state index < -0.39 is 23.1 Å². The third-order valence-electron chi connectivity index (χ3n) is 4.08. The van der Waals surface area contributed by atoms with E-state index in [0.717, 1.165) is 17.8 Å². The zero-order chi connectivity index (χ0) is 19.7. The maximum Gasteiger partial charge on any atom is 0.269 e. The fourth-order valence-corrected chi connectivity index (χ4v) is 2.68. The highest BCUT2D eigenvalue weighted by Crippen LogP contribution is 2.24. The second-order valence-corrected chi connectivity index (χ2v) is 5.97. The molecule has 0 aliphatic carbocycles. The van der Waals surface area contributed by atoms with Crippen molar-refractivity contribution in [2.24, 2.45) is 7.05 Å². The van der Waals surface area contributed by atoms with Crippen LogP contribution in [0.25, 0.3) is 22.8 Å². The van der Waals surface area contributed by atoms with Crippen LogP contribution in [0, 0.1) is 11.6 Å². The molecule has 0 atom stereocenters. The number of aryl methyl sites for hydroxylation is 1. The Hall–Kier alpha value is -3.82. The molecule has 2 N–H and O–H groups in total. The molecule has 1 aromatic carbocycles. The molecular weight excluding hydrogens is 370 g/mol. The summed E-state index contributed by atoms with van der Waals surface area (Å²) in [4.78, 5) is 16.2. The molecule has 3 aromatic heterocycles. The number of nitrogens with zero attached hydrogens (tertiary/aromatic N) is 4. The van der Waals surface area contributed by atoms with Crippen LogP contribution in [0.5, 0.6) is 0 Å². The number of hydrogen-bond donors (Lipinski definition) is 2. The van der Waals surface area contributed by atoms with E-state index in [1.807, 2.05) is 29.9 Å². The predicted octanol–water partition coefficient (Wildman–Crippen LogP) is 2.67. The van der Waals surface area contributed by atoms with Gasteiger partial charge in [-0.3, -0.25) is 9.89 Å². The van der Waals surface area contributed by atoms with Crippen molar-refractivity contribution in [2.45, 2.75) is 6.54 Å². The molecule has 0 saturated carbocycles. The average Bonchev–Trinajstić information content (AvgIpc) is 3.40. The number of carbonyl (C=O) groups is 1. The lowest BCUT2D eigenvalue weighted by atomic mass is 10.2. The summed E-state index contributed by atoms with van der Waals surface area (Å²) in [6, 6.07) is 8.77. The lowest BCUT2D eigenvalue weighted by Crippen LogP contribution is -2.23. The van der Waals surface area contributed by atoms with Crippen molar-refractivity contribution in [3.63, 3.8) is 0 Å². The molecule has 0 aliphatic heterocycles. The number of aromatic amines is 1. The van der Waals surface area contributed by atoms with Crippen LogP contribution in [0.2, 0.25) is 0 Å². The SMILES string of the molecule is Cn1cccc1-c1cc(C(=O)NCc2noc(-c3c(F)cccc3F)n2)[nH]n1. The van der Waals surface area contributed by atoms with Crippen molar-refractivity contribution in [1.82, 2.24) is 30.2 Å². The van der Waals surface area contributed by atoms with Gasteiger partial charge in [-0.15, -0.1) is 0 Å². The third kappa shape index (κ3) is 3.27. The standard InChI is InChI=1S/C18H14F2N6O2/c1-26-7-3-6-14(26)12-8-13(24-23-12)17(27)21-9-15-22-18(28-25-15)16-10(19)4-2-5-11(16)20/h2-8H,9H2,1H3,(H,21,27)(H,23,24). The smallest absolute Gasteiger partial charge is 0.269 e. The van der Waals surface area contributed by atoms with E-state index in [0.29, 0.717) is 5.69 Å². The van der Waals surface area contributed by atoms with Crippen LogP contribution in [-0.4, -0.2) is 30.8 Å². The molecule has 0 unspecified atom stereocenters. The second kappa shape index (κ2) is 7.06. The van der Waals surface area contributed by atoms with Gasteiger partial charge in [-0.2, -0.15) is 10.1 Å². The first-order chi connectivity index (χ1) is 13.5. The number of rotatable bonds is 5. The number of aromatic nitrogens is 5. The Morgan fingerprint density at radius 1 is 1.25 bits per heavy atom. The number of benzene rings is 1. The maximum absolute atomic E-state index is 13.8. The molecule has 3 heterocycles. The van der Waals surface area contributed by atoms with Gasteiger partial charge in [-0.1, -0.05) is 11.2 Å². The molecule has 0 bridgehead atoms. The number of halogens is 2. The van der Waals surface area contributed by atoms with Gasteiger partial charge in [-0.05, 0) is 30.3 Å². The fraction of sp³-hybridized carbons (Fsp3) is 0.111. The van der Waals surface area contributed by atoms with Crippen molar-refractivity contribution in [3.8, 4) is 22.8 Å². The van der Waals surface area contributed by atoms with Gasteiger partial charge in [-0.25, -0.2) is 8.78 Å². The van der Waals surface area contributed by atoms with Crippen LogP contribution in [-0.2, 0) is 13.6 Å². The van der Waals surface area contributed by atoms with E-state index in [2.05, 4.69) is 25.7 Å². The van der Waals surface area contributed by atoms with Gasteiger partial charge in [0, 0.05) is 13.2 Å².